The number of hydrogen-bond acceptors (Lipinski definition) is 4. The molecule has 1 N–H and O–H groups in total. The molecule has 0 aromatic heterocycles. The first-order valence-electron chi connectivity index (χ1n) is 9.33. The molecule has 1 atom stereocenters. The molecule has 2 amide bonds. The fraction of sp³-hybridized carbons (Fsp3) is 0.333. The van der Waals surface area contributed by atoms with Crippen molar-refractivity contribution in [3.8, 4) is 0 Å². The molecule has 0 aliphatic rings. The Balaban J connectivity index is 2.38. The Labute approximate surface area is 186 Å². The van der Waals surface area contributed by atoms with Gasteiger partial charge in [0, 0.05) is 18.1 Å². The number of rotatable bonds is 8. The van der Waals surface area contributed by atoms with E-state index in [1.54, 1.807) is 38.1 Å². The van der Waals surface area contributed by atoms with Crippen LogP contribution in [0.2, 0.25) is 0 Å². The molecule has 0 aliphatic heterocycles. The van der Waals surface area contributed by atoms with Crippen molar-refractivity contribution in [2.75, 3.05) is 24.2 Å². The Hall–Kier alpha value is -2.39. The van der Waals surface area contributed by atoms with Crippen LogP contribution in [0, 0.1) is 6.92 Å². The third-order valence-corrected chi connectivity index (χ3v) is 6.40. The number of benzene rings is 2. The third kappa shape index (κ3) is 6.06. The Morgan fingerprint density at radius 1 is 1.10 bits per heavy atom. The van der Waals surface area contributed by atoms with Gasteiger partial charge >= 0.3 is 0 Å². The van der Waals surface area contributed by atoms with Crippen molar-refractivity contribution in [2.24, 2.45) is 0 Å². The summed E-state index contributed by atoms with van der Waals surface area (Å²) in [5, 5.41) is 2.55. The van der Waals surface area contributed by atoms with Gasteiger partial charge in [-0.2, -0.15) is 0 Å². The van der Waals surface area contributed by atoms with Gasteiger partial charge in [0.15, 0.2) is 0 Å². The first-order chi connectivity index (χ1) is 14.0. The highest BCUT2D eigenvalue weighted by Crippen LogP contribution is 2.23. The van der Waals surface area contributed by atoms with Crippen LogP contribution in [-0.2, 0) is 26.2 Å². The number of aryl methyl sites for hydroxylation is 1. The van der Waals surface area contributed by atoms with Crippen LogP contribution >= 0.6 is 15.9 Å². The summed E-state index contributed by atoms with van der Waals surface area (Å²) >= 11 is 3.37. The van der Waals surface area contributed by atoms with Crippen LogP contribution < -0.4 is 9.62 Å². The van der Waals surface area contributed by atoms with E-state index >= 15 is 0 Å². The van der Waals surface area contributed by atoms with E-state index in [9.17, 15) is 18.0 Å². The number of carbonyl (C=O) groups is 2. The summed E-state index contributed by atoms with van der Waals surface area (Å²) in [5.74, 6) is -0.801. The van der Waals surface area contributed by atoms with Crippen molar-refractivity contribution < 1.29 is 18.0 Å². The second kappa shape index (κ2) is 10.1. The van der Waals surface area contributed by atoms with Crippen LogP contribution in [-0.4, -0.2) is 51.0 Å². The van der Waals surface area contributed by atoms with E-state index in [1.807, 2.05) is 24.3 Å². The Bertz CT molecular complexity index is 1010. The molecule has 162 valence electrons. The third-order valence-electron chi connectivity index (χ3n) is 4.74. The molecule has 0 bridgehead atoms. The minimum atomic E-state index is -3.72. The molecule has 9 heteroatoms. The number of likely N-dealkylation sites (N-methyl/N-ethyl adjacent to an activating group) is 1. The van der Waals surface area contributed by atoms with Crippen molar-refractivity contribution in [1.29, 1.82) is 0 Å². The summed E-state index contributed by atoms with van der Waals surface area (Å²) in [6, 6.07) is 13.6. The van der Waals surface area contributed by atoms with Crippen molar-refractivity contribution in [1.82, 2.24) is 10.2 Å². The van der Waals surface area contributed by atoms with Gasteiger partial charge in [-0.25, -0.2) is 8.42 Å². The van der Waals surface area contributed by atoms with Crippen LogP contribution in [0.15, 0.2) is 53.0 Å². The van der Waals surface area contributed by atoms with E-state index in [0.29, 0.717) is 5.69 Å². The van der Waals surface area contributed by atoms with Gasteiger partial charge in [-0.05, 0) is 43.2 Å². The predicted molar refractivity (Wildman–Crippen MR) is 122 cm³/mol. The molecule has 7 nitrogen and oxygen atoms in total. The molecule has 0 aliphatic carbocycles. The molecule has 0 spiro atoms. The van der Waals surface area contributed by atoms with Crippen LogP contribution in [0.1, 0.15) is 18.1 Å². The number of anilines is 1. The van der Waals surface area contributed by atoms with Gasteiger partial charge in [-0.1, -0.05) is 46.3 Å². The molecule has 0 unspecified atom stereocenters. The van der Waals surface area contributed by atoms with Crippen LogP contribution in [0.5, 0.6) is 0 Å². The van der Waals surface area contributed by atoms with E-state index in [0.717, 1.165) is 26.2 Å². The highest BCUT2D eigenvalue weighted by atomic mass is 79.9. The lowest BCUT2D eigenvalue weighted by Gasteiger charge is -2.31. The van der Waals surface area contributed by atoms with Crippen LogP contribution in [0.4, 0.5) is 5.69 Å². The van der Waals surface area contributed by atoms with E-state index in [2.05, 4.69) is 21.2 Å². The Morgan fingerprint density at radius 3 is 2.23 bits per heavy atom. The van der Waals surface area contributed by atoms with Crippen LogP contribution in [0.3, 0.4) is 0 Å². The van der Waals surface area contributed by atoms with E-state index in [4.69, 9.17) is 0 Å². The number of nitrogens with zero attached hydrogens (tertiary/aromatic N) is 2. The topological polar surface area (TPSA) is 86.8 Å². The summed E-state index contributed by atoms with van der Waals surface area (Å²) < 4.78 is 26.9. The monoisotopic (exact) mass is 495 g/mol. The summed E-state index contributed by atoms with van der Waals surface area (Å²) in [6.07, 6.45) is 1.06. The summed E-state index contributed by atoms with van der Waals surface area (Å²) in [7, 11) is -2.22. The van der Waals surface area contributed by atoms with Crippen molar-refractivity contribution in [3.63, 3.8) is 0 Å². The first kappa shape index (κ1) is 23.9. The molecular weight excluding hydrogens is 470 g/mol. The second-order valence-electron chi connectivity index (χ2n) is 6.99. The quantitative estimate of drug-likeness (QED) is 0.609. The van der Waals surface area contributed by atoms with Crippen LogP contribution in [0.25, 0.3) is 0 Å². The Kier molecular flexibility index (Phi) is 8.03. The zero-order chi connectivity index (χ0) is 22.5. The number of nitrogens with one attached hydrogen (secondary N) is 1. The number of hydrogen-bond donors (Lipinski definition) is 1. The molecule has 30 heavy (non-hydrogen) atoms. The van der Waals surface area contributed by atoms with E-state index in [-0.39, 0.29) is 12.5 Å². The molecule has 2 aromatic rings. The standard InChI is InChI=1S/C21H26BrN3O4S/c1-15-7-5-6-8-19(15)25(30(4,28)29)14-20(26)24(16(2)21(27)23-3)13-17-9-11-18(22)12-10-17/h5-12,16H,13-14H2,1-4H3,(H,23,27)/t16-/m0/s1. The highest BCUT2D eigenvalue weighted by molar-refractivity contribution is 9.10. The van der Waals surface area contributed by atoms with E-state index < -0.39 is 28.5 Å². The van der Waals surface area contributed by atoms with Gasteiger partial charge < -0.3 is 10.2 Å². The number of carbonyl (C=O) groups excluding carboxylic acids is 2. The molecule has 2 rings (SSSR count). The average Bonchev–Trinajstić information content (AvgIpc) is 2.70. The van der Waals surface area contributed by atoms with Crippen molar-refractivity contribution in [3.05, 3.63) is 64.1 Å². The summed E-state index contributed by atoms with van der Waals surface area (Å²) in [5.41, 5.74) is 1.99. The molecule has 0 heterocycles. The van der Waals surface area contributed by atoms with Gasteiger partial charge in [-0.15, -0.1) is 0 Å². The zero-order valence-electron chi connectivity index (χ0n) is 17.4. The van der Waals surface area contributed by atoms with E-state index in [1.165, 1.54) is 11.9 Å². The zero-order valence-corrected chi connectivity index (χ0v) is 19.8. The summed E-state index contributed by atoms with van der Waals surface area (Å²) in [6.45, 7) is 3.17. The second-order valence-corrected chi connectivity index (χ2v) is 9.82. The highest BCUT2D eigenvalue weighted by Gasteiger charge is 2.30. The first-order valence-corrected chi connectivity index (χ1v) is 12.0. The van der Waals surface area contributed by atoms with Gasteiger partial charge in [0.1, 0.15) is 12.6 Å². The average molecular weight is 496 g/mol. The lowest BCUT2D eigenvalue weighted by atomic mass is 10.1. The normalized spacial score (nSPS) is 12.2. The molecule has 0 saturated heterocycles. The number of halogens is 1. The minimum Gasteiger partial charge on any atom is -0.357 e. The minimum absolute atomic E-state index is 0.173. The number of amides is 2. The molecular formula is C21H26BrN3O4S. The van der Waals surface area contributed by atoms with Gasteiger partial charge in [0.05, 0.1) is 11.9 Å². The number of sulfonamides is 1. The summed E-state index contributed by atoms with van der Waals surface area (Å²) in [4.78, 5) is 26.9. The maximum Gasteiger partial charge on any atom is 0.244 e. The maximum atomic E-state index is 13.2. The molecule has 2 aromatic carbocycles. The fourth-order valence-electron chi connectivity index (χ4n) is 3.02. The lowest BCUT2D eigenvalue weighted by Crippen LogP contribution is -2.50. The molecule has 0 saturated carbocycles. The Morgan fingerprint density at radius 2 is 1.70 bits per heavy atom. The van der Waals surface area contributed by atoms with Gasteiger partial charge in [0.2, 0.25) is 21.8 Å². The smallest absolute Gasteiger partial charge is 0.244 e. The van der Waals surface area contributed by atoms with Crippen molar-refractivity contribution >= 4 is 43.5 Å². The van der Waals surface area contributed by atoms with Gasteiger partial charge in [0.25, 0.3) is 0 Å². The largest absolute Gasteiger partial charge is 0.357 e. The molecule has 0 fully saturated rings. The molecule has 0 radical (unpaired) electrons. The SMILES string of the molecule is CNC(=O)[C@H](C)N(Cc1ccc(Br)cc1)C(=O)CN(c1ccccc1C)S(C)(=O)=O. The van der Waals surface area contributed by atoms with Crippen molar-refractivity contribution in [2.45, 2.75) is 26.4 Å². The predicted octanol–water partition coefficient (Wildman–Crippen LogP) is 2.69. The maximum absolute atomic E-state index is 13.2. The van der Waals surface area contributed by atoms with Gasteiger partial charge in [-0.3, -0.25) is 13.9 Å². The fourth-order valence-corrected chi connectivity index (χ4v) is 4.19. The lowest BCUT2D eigenvalue weighted by molar-refractivity contribution is -0.139. The number of para-hydroxylation sites is 1.